The normalized spacial score (nSPS) is 10.2. The maximum Gasteiger partial charge on any atom is 0.320 e. The predicted molar refractivity (Wildman–Crippen MR) is 62.3 cm³/mol. The number of aromatic nitrogens is 2. The standard InChI is InChI=1S/C12H12FN3O2/c1-8-2-4-9(5-3-8)7-17-12-15-6-10(13)11(16-12)18-14/h2-6H,7,14H2,1H3. The number of nitrogens with zero attached hydrogens (tertiary/aromatic N) is 2. The van der Waals surface area contributed by atoms with Gasteiger partial charge in [0, 0.05) is 0 Å². The Balaban J connectivity index is 2.04. The van der Waals surface area contributed by atoms with Crippen LogP contribution in [-0.2, 0) is 6.61 Å². The quantitative estimate of drug-likeness (QED) is 0.836. The highest BCUT2D eigenvalue weighted by molar-refractivity contribution is 5.21. The van der Waals surface area contributed by atoms with Crippen molar-refractivity contribution in [2.24, 2.45) is 5.90 Å². The van der Waals surface area contributed by atoms with Crippen molar-refractivity contribution in [1.82, 2.24) is 9.97 Å². The molecule has 0 aliphatic carbocycles. The maximum atomic E-state index is 13.0. The van der Waals surface area contributed by atoms with E-state index in [1.54, 1.807) is 0 Å². The molecule has 1 heterocycles. The van der Waals surface area contributed by atoms with Crippen LogP contribution in [0.2, 0.25) is 0 Å². The van der Waals surface area contributed by atoms with Gasteiger partial charge in [-0.25, -0.2) is 4.98 Å². The molecule has 94 valence electrons. The van der Waals surface area contributed by atoms with Crippen LogP contribution in [0.25, 0.3) is 0 Å². The van der Waals surface area contributed by atoms with Crippen molar-refractivity contribution in [2.45, 2.75) is 13.5 Å². The maximum absolute atomic E-state index is 13.0. The van der Waals surface area contributed by atoms with Crippen LogP contribution < -0.4 is 15.5 Å². The first kappa shape index (κ1) is 12.3. The number of rotatable bonds is 4. The molecule has 0 amide bonds. The average molecular weight is 249 g/mol. The molecule has 2 rings (SSSR count). The highest BCUT2D eigenvalue weighted by atomic mass is 19.1. The number of halogens is 1. The molecule has 0 spiro atoms. The van der Waals surface area contributed by atoms with E-state index >= 15 is 0 Å². The van der Waals surface area contributed by atoms with Crippen LogP contribution in [0.5, 0.6) is 11.9 Å². The van der Waals surface area contributed by atoms with Crippen LogP contribution >= 0.6 is 0 Å². The Morgan fingerprint density at radius 2 is 2.00 bits per heavy atom. The molecule has 0 fully saturated rings. The summed E-state index contributed by atoms with van der Waals surface area (Å²) in [4.78, 5) is 11.6. The zero-order valence-corrected chi connectivity index (χ0v) is 9.76. The number of benzene rings is 1. The van der Waals surface area contributed by atoms with E-state index in [4.69, 9.17) is 10.6 Å². The molecule has 1 aromatic heterocycles. The van der Waals surface area contributed by atoms with Gasteiger partial charge in [-0.15, -0.1) is 0 Å². The molecule has 5 nitrogen and oxygen atoms in total. The number of hydrogen-bond acceptors (Lipinski definition) is 5. The van der Waals surface area contributed by atoms with Gasteiger partial charge in [-0.2, -0.15) is 15.3 Å². The smallest absolute Gasteiger partial charge is 0.320 e. The second-order valence-corrected chi connectivity index (χ2v) is 3.70. The van der Waals surface area contributed by atoms with E-state index < -0.39 is 5.82 Å². The van der Waals surface area contributed by atoms with Crippen molar-refractivity contribution in [1.29, 1.82) is 0 Å². The lowest BCUT2D eigenvalue weighted by Gasteiger charge is -2.06. The van der Waals surface area contributed by atoms with Gasteiger partial charge in [0.15, 0.2) is 0 Å². The lowest BCUT2D eigenvalue weighted by molar-refractivity contribution is 0.257. The molecule has 2 aromatic rings. The van der Waals surface area contributed by atoms with Crippen LogP contribution in [0.3, 0.4) is 0 Å². The van der Waals surface area contributed by atoms with E-state index in [2.05, 4.69) is 14.8 Å². The lowest BCUT2D eigenvalue weighted by Crippen LogP contribution is -2.08. The third kappa shape index (κ3) is 2.92. The summed E-state index contributed by atoms with van der Waals surface area (Å²) in [5.41, 5.74) is 2.12. The summed E-state index contributed by atoms with van der Waals surface area (Å²) >= 11 is 0. The Morgan fingerprint density at radius 1 is 1.28 bits per heavy atom. The van der Waals surface area contributed by atoms with Gasteiger partial charge in [-0.05, 0) is 12.5 Å². The summed E-state index contributed by atoms with van der Waals surface area (Å²) in [5.74, 6) is 3.78. The van der Waals surface area contributed by atoms with Gasteiger partial charge in [0.25, 0.3) is 5.88 Å². The minimum absolute atomic E-state index is 0.0115. The van der Waals surface area contributed by atoms with Crippen LogP contribution in [0.4, 0.5) is 4.39 Å². The van der Waals surface area contributed by atoms with E-state index in [0.717, 1.165) is 17.3 Å². The summed E-state index contributed by atoms with van der Waals surface area (Å²) < 4.78 is 18.3. The van der Waals surface area contributed by atoms with Crippen molar-refractivity contribution < 1.29 is 14.0 Å². The first-order valence-electron chi connectivity index (χ1n) is 5.26. The molecular formula is C12H12FN3O2. The first-order chi connectivity index (χ1) is 8.69. The van der Waals surface area contributed by atoms with Crippen LogP contribution in [0.15, 0.2) is 30.5 Å². The number of ether oxygens (including phenoxy) is 1. The fourth-order valence-corrected chi connectivity index (χ4v) is 1.32. The van der Waals surface area contributed by atoms with E-state index in [1.807, 2.05) is 31.2 Å². The monoisotopic (exact) mass is 249 g/mol. The predicted octanol–water partition coefficient (Wildman–Crippen LogP) is 1.76. The summed E-state index contributed by atoms with van der Waals surface area (Å²) in [7, 11) is 0. The highest BCUT2D eigenvalue weighted by Gasteiger charge is 2.08. The molecule has 2 N–H and O–H groups in total. The van der Waals surface area contributed by atoms with Gasteiger partial charge in [0.05, 0.1) is 6.20 Å². The molecule has 0 saturated heterocycles. The van der Waals surface area contributed by atoms with Gasteiger partial charge in [0.2, 0.25) is 5.82 Å². The Morgan fingerprint density at radius 3 is 2.67 bits per heavy atom. The summed E-state index contributed by atoms with van der Waals surface area (Å²) in [6.45, 7) is 2.29. The van der Waals surface area contributed by atoms with Gasteiger partial charge in [-0.1, -0.05) is 29.8 Å². The molecule has 0 atom stereocenters. The molecule has 0 bridgehead atoms. The molecule has 6 heteroatoms. The van der Waals surface area contributed by atoms with Crippen molar-refractivity contribution in [3.05, 3.63) is 47.4 Å². The second-order valence-electron chi connectivity index (χ2n) is 3.70. The van der Waals surface area contributed by atoms with Crippen LogP contribution in [0, 0.1) is 12.7 Å². The zero-order chi connectivity index (χ0) is 13.0. The fourth-order valence-electron chi connectivity index (χ4n) is 1.32. The summed E-state index contributed by atoms with van der Waals surface area (Å²) in [6, 6.07) is 7.81. The molecular weight excluding hydrogens is 237 g/mol. The highest BCUT2D eigenvalue weighted by Crippen LogP contribution is 2.15. The van der Waals surface area contributed by atoms with Crippen molar-refractivity contribution in [3.8, 4) is 11.9 Å². The molecule has 0 aliphatic rings. The largest absolute Gasteiger partial charge is 0.459 e. The van der Waals surface area contributed by atoms with E-state index in [0.29, 0.717) is 0 Å². The van der Waals surface area contributed by atoms with Crippen molar-refractivity contribution in [2.75, 3.05) is 0 Å². The van der Waals surface area contributed by atoms with E-state index in [-0.39, 0.29) is 18.5 Å². The van der Waals surface area contributed by atoms with Crippen molar-refractivity contribution >= 4 is 0 Å². The number of aryl methyl sites for hydroxylation is 1. The van der Waals surface area contributed by atoms with E-state index in [1.165, 1.54) is 0 Å². The van der Waals surface area contributed by atoms with Gasteiger partial charge in [0.1, 0.15) is 6.61 Å². The van der Waals surface area contributed by atoms with Crippen LogP contribution in [0.1, 0.15) is 11.1 Å². The SMILES string of the molecule is Cc1ccc(COc2ncc(F)c(ON)n2)cc1. The Hall–Kier alpha value is -2.21. The summed E-state index contributed by atoms with van der Waals surface area (Å²) in [6.07, 6.45) is 0.944. The minimum Gasteiger partial charge on any atom is -0.459 e. The van der Waals surface area contributed by atoms with Crippen LogP contribution in [-0.4, -0.2) is 9.97 Å². The van der Waals surface area contributed by atoms with E-state index in [9.17, 15) is 4.39 Å². The summed E-state index contributed by atoms with van der Waals surface area (Å²) in [5, 5.41) is 0. The molecule has 18 heavy (non-hydrogen) atoms. The van der Waals surface area contributed by atoms with Gasteiger partial charge >= 0.3 is 6.01 Å². The molecule has 1 aromatic carbocycles. The third-order valence-electron chi connectivity index (χ3n) is 2.29. The molecule has 0 radical (unpaired) electrons. The Bertz CT molecular complexity index is 531. The topological polar surface area (TPSA) is 70.3 Å². The molecule has 0 aliphatic heterocycles. The Kier molecular flexibility index (Phi) is 3.69. The first-order valence-corrected chi connectivity index (χ1v) is 5.26. The number of nitrogens with two attached hydrogens (primary N) is 1. The third-order valence-corrected chi connectivity index (χ3v) is 2.29. The average Bonchev–Trinajstić information content (AvgIpc) is 2.39. The minimum atomic E-state index is -0.736. The van der Waals surface area contributed by atoms with Crippen molar-refractivity contribution in [3.63, 3.8) is 0 Å². The lowest BCUT2D eigenvalue weighted by atomic mass is 10.2. The second kappa shape index (κ2) is 5.42. The van der Waals surface area contributed by atoms with Gasteiger partial charge < -0.3 is 9.57 Å². The molecule has 0 saturated carbocycles. The fraction of sp³-hybridized carbons (Fsp3) is 0.167. The molecule has 0 unspecified atom stereocenters. The Labute approximate surface area is 103 Å². The zero-order valence-electron chi connectivity index (χ0n) is 9.76. The van der Waals surface area contributed by atoms with Gasteiger partial charge in [-0.3, -0.25) is 0 Å². The number of hydrogen-bond donors (Lipinski definition) is 1.